The fraction of sp³-hybridized carbons (Fsp3) is 0.940. The summed E-state index contributed by atoms with van der Waals surface area (Å²) in [6, 6.07) is 0. The molecule has 6 nitrogen and oxygen atoms in total. The molecule has 0 radical (unpaired) electrons. The number of carbonyl (C=O) groups excluding carboxylic acids is 3. The van der Waals surface area contributed by atoms with Gasteiger partial charge in [0.1, 0.15) is 13.2 Å². The highest BCUT2D eigenvalue weighted by molar-refractivity contribution is 5.71. The van der Waals surface area contributed by atoms with Gasteiger partial charge in [-0.3, -0.25) is 14.4 Å². The molecule has 0 aliphatic heterocycles. The molecular weight excluding hydrogens is 697 g/mol. The molecule has 56 heavy (non-hydrogen) atoms. The number of esters is 3. The van der Waals surface area contributed by atoms with Gasteiger partial charge in [0.05, 0.1) is 0 Å². The normalized spacial score (nSPS) is 12.5. The van der Waals surface area contributed by atoms with E-state index in [2.05, 4.69) is 34.6 Å². The van der Waals surface area contributed by atoms with Crippen LogP contribution in [0, 0.1) is 11.8 Å². The topological polar surface area (TPSA) is 78.9 Å². The largest absolute Gasteiger partial charge is 0.462 e. The zero-order valence-corrected chi connectivity index (χ0v) is 38.3. The summed E-state index contributed by atoms with van der Waals surface area (Å²) < 4.78 is 16.8. The minimum absolute atomic E-state index is 0.0649. The molecule has 0 bridgehead atoms. The van der Waals surface area contributed by atoms with Gasteiger partial charge in [-0.15, -0.1) is 0 Å². The molecule has 2 atom stereocenters. The van der Waals surface area contributed by atoms with Gasteiger partial charge in [-0.05, 0) is 31.1 Å². The molecule has 0 saturated heterocycles. The maximum Gasteiger partial charge on any atom is 0.306 e. The highest BCUT2D eigenvalue weighted by Crippen LogP contribution is 2.17. The Balaban J connectivity index is 4.30. The summed E-state index contributed by atoms with van der Waals surface area (Å²) >= 11 is 0. The highest BCUT2D eigenvalue weighted by Gasteiger charge is 2.19. The number of hydrogen-bond donors (Lipinski definition) is 0. The van der Waals surface area contributed by atoms with Crippen LogP contribution < -0.4 is 0 Å². The van der Waals surface area contributed by atoms with E-state index < -0.39 is 6.10 Å². The van der Waals surface area contributed by atoms with E-state index in [9.17, 15) is 14.4 Å². The molecule has 0 fully saturated rings. The Morgan fingerprint density at radius 3 is 1.02 bits per heavy atom. The zero-order valence-electron chi connectivity index (χ0n) is 38.3. The van der Waals surface area contributed by atoms with Crippen molar-refractivity contribution in [1.82, 2.24) is 0 Å². The van der Waals surface area contributed by atoms with Crippen LogP contribution in [-0.2, 0) is 28.6 Å². The predicted octanol–water partition coefficient (Wildman–Crippen LogP) is 15.8. The van der Waals surface area contributed by atoms with Gasteiger partial charge in [-0.2, -0.15) is 0 Å². The van der Waals surface area contributed by atoms with Crippen molar-refractivity contribution >= 4 is 17.9 Å². The Bertz CT molecular complexity index is 856. The minimum Gasteiger partial charge on any atom is -0.462 e. The molecular formula is C50H96O6. The first-order chi connectivity index (χ1) is 27.3. The molecule has 0 aliphatic carbocycles. The van der Waals surface area contributed by atoms with E-state index in [1.165, 1.54) is 161 Å². The number of carbonyl (C=O) groups is 3. The van der Waals surface area contributed by atoms with E-state index in [1.807, 2.05) is 0 Å². The van der Waals surface area contributed by atoms with Crippen LogP contribution in [0.2, 0.25) is 0 Å². The van der Waals surface area contributed by atoms with Crippen LogP contribution in [0.25, 0.3) is 0 Å². The third kappa shape index (κ3) is 42.0. The lowest BCUT2D eigenvalue weighted by atomic mass is 10.00. The number of unbranched alkanes of at least 4 members (excludes halogenated alkanes) is 28. The van der Waals surface area contributed by atoms with Crippen molar-refractivity contribution < 1.29 is 28.6 Å². The van der Waals surface area contributed by atoms with Crippen LogP contribution in [0.4, 0.5) is 0 Å². The zero-order chi connectivity index (χ0) is 41.2. The maximum atomic E-state index is 12.7. The fourth-order valence-electron chi connectivity index (χ4n) is 7.43. The van der Waals surface area contributed by atoms with Crippen LogP contribution in [0.3, 0.4) is 0 Å². The van der Waals surface area contributed by atoms with Crippen LogP contribution in [-0.4, -0.2) is 37.2 Å². The molecule has 0 amide bonds. The highest BCUT2D eigenvalue weighted by atomic mass is 16.6. The van der Waals surface area contributed by atoms with E-state index >= 15 is 0 Å². The standard InChI is InChI=1S/C50H96O6/c1-6-8-9-10-11-12-13-14-18-21-24-30-35-40-48(51)54-43-47(56-50(53)42-37-32-27-26-29-34-39-46(5)7-2)44-55-49(52)41-36-31-25-22-19-16-15-17-20-23-28-33-38-45(3)4/h45-47H,6-44H2,1-5H3/t46?,47-/m0/s1. The summed E-state index contributed by atoms with van der Waals surface area (Å²) in [5, 5.41) is 0. The number of hydrogen-bond acceptors (Lipinski definition) is 6. The molecule has 0 rings (SSSR count). The van der Waals surface area contributed by atoms with Crippen LogP contribution >= 0.6 is 0 Å². The van der Waals surface area contributed by atoms with E-state index in [0.29, 0.717) is 19.3 Å². The van der Waals surface area contributed by atoms with E-state index in [-0.39, 0.29) is 31.1 Å². The van der Waals surface area contributed by atoms with E-state index in [4.69, 9.17) is 14.2 Å². The van der Waals surface area contributed by atoms with Crippen molar-refractivity contribution in [1.29, 1.82) is 0 Å². The smallest absolute Gasteiger partial charge is 0.306 e. The number of rotatable bonds is 44. The van der Waals surface area contributed by atoms with Crippen molar-refractivity contribution in [3.8, 4) is 0 Å². The molecule has 0 spiro atoms. The van der Waals surface area contributed by atoms with E-state index in [0.717, 1.165) is 69.6 Å². The van der Waals surface area contributed by atoms with Crippen molar-refractivity contribution in [2.75, 3.05) is 13.2 Å². The first-order valence-electron chi connectivity index (χ1n) is 24.8. The third-order valence-corrected chi connectivity index (χ3v) is 11.6. The summed E-state index contributed by atoms with van der Waals surface area (Å²) in [5.41, 5.74) is 0. The second-order valence-corrected chi connectivity index (χ2v) is 17.8. The molecule has 1 unspecified atom stereocenters. The SMILES string of the molecule is CCCCCCCCCCCCCCCC(=O)OC[C@@H](COC(=O)CCCCCCCCCCCCCCC(C)C)OC(=O)CCCCCCCCC(C)CC. The minimum atomic E-state index is -0.761. The third-order valence-electron chi connectivity index (χ3n) is 11.6. The van der Waals surface area contributed by atoms with Crippen molar-refractivity contribution in [2.24, 2.45) is 11.8 Å². The lowest BCUT2D eigenvalue weighted by Crippen LogP contribution is -2.30. The molecule has 332 valence electrons. The summed E-state index contributed by atoms with van der Waals surface area (Å²) in [7, 11) is 0. The van der Waals surface area contributed by atoms with Gasteiger partial charge in [-0.25, -0.2) is 0 Å². The fourth-order valence-corrected chi connectivity index (χ4v) is 7.43. The first kappa shape index (κ1) is 54.4. The quantitative estimate of drug-likeness (QED) is 0.0347. The summed E-state index contributed by atoms with van der Waals surface area (Å²) in [6.07, 6.45) is 42.3. The van der Waals surface area contributed by atoms with Crippen LogP contribution in [0.5, 0.6) is 0 Å². The molecule has 0 saturated carbocycles. The van der Waals surface area contributed by atoms with Crippen molar-refractivity contribution in [2.45, 2.75) is 278 Å². The predicted molar refractivity (Wildman–Crippen MR) is 238 cm³/mol. The number of ether oxygens (including phenoxy) is 3. The van der Waals surface area contributed by atoms with Crippen LogP contribution in [0.15, 0.2) is 0 Å². The van der Waals surface area contributed by atoms with Gasteiger partial charge in [0, 0.05) is 19.3 Å². The monoisotopic (exact) mass is 793 g/mol. The van der Waals surface area contributed by atoms with Gasteiger partial charge in [0.25, 0.3) is 0 Å². The molecule has 0 aromatic rings. The van der Waals surface area contributed by atoms with Gasteiger partial charge in [0.2, 0.25) is 0 Å². The molecule has 0 heterocycles. The molecule has 6 heteroatoms. The second kappa shape index (κ2) is 43.0. The summed E-state index contributed by atoms with van der Waals surface area (Å²) in [5.74, 6) is 0.789. The van der Waals surface area contributed by atoms with Crippen molar-refractivity contribution in [3.63, 3.8) is 0 Å². The Morgan fingerprint density at radius 1 is 0.375 bits per heavy atom. The van der Waals surface area contributed by atoms with Gasteiger partial charge < -0.3 is 14.2 Å². The second-order valence-electron chi connectivity index (χ2n) is 17.8. The van der Waals surface area contributed by atoms with Gasteiger partial charge in [-0.1, -0.05) is 234 Å². The van der Waals surface area contributed by atoms with E-state index in [1.54, 1.807) is 0 Å². The summed E-state index contributed by atoms with van der Waals surface area (Å²) in [6.45, 7) is 11.3. The Hall–Kier alpha value is -1.59. The summed E-state index contributed by atoms with van der Waals surface area (Å²) in [4.78, 5) is 37.8. The van der Waals surface area contributed by atoms with Crippen LogP contribution in [0.1, 0.15) is 272 Å². The average molecular weight is 793 g/mol. The van der Waals surface area contributed by atoms with Gasteiger partial charge >= 0.3 is 17.9 Å². The molecule has 0 aromatic carbocycles. The first-order valence-corrected chi connectivity index (χ1v) is 24.8. The molecule has 0 aliphatic rings. The van der Waals surface area contributed by atoms with Gasteiger partial charge in [0.15, 0.2) is 6.10 Å². The lowest BCUT2D eigenvalue weighted by Gasteiger charge is -2.18. The average Bonchev–Trinajstić information content (AvgIpc) is 3.18. The van der Waals surface area contributed by atoms with Crippen molar-refractivity contribution in [3.05, 3.63) is 0 Å². The Labute approximate surface area is 348 Å². The Morgan fingerprint density at radius 2 is 0.679 bits per heavy atom. The molecule has 0 N–H and O–H groups in total. The lowest BCUT2D eigenvalue weighted by molar-refractivity contribution is -0.167. The maximum absolute atomic E-state index is 12.7. The molecule has 0 aromatic heterocycles. The Kier molecular flexibility index (Phi) is 41.8.